The number of amides is 1. The highest BCUT2D eigenvalue weighted by molar-refractivity contribution is 7.80. The quantitative estimate of drug-likeness (QED) is 0.484. The number of rotatable bonds is 7. The van der Waals surface area contributed by atoms with E-state index in [1.165, 1.54) is 12.1 Å². The summed E-state index contributed by atoms with van der Waals surface area (Å²) in [4.78, 5) is 26.9. The van der Waals surface area contributed by atoms with Gasteiger partial charge in [-0.25, -0.2) is 9.18 Å². The molecule has 2 aromatic rings. The predicted molar refractivity (Wildman–Crippen MR) is 125 cm³/mol. The van der Waals surface area contributed by atoms with Crippen LogP contribution in [0.25, 0.3) is 0 Å². The van der Waals surface area contributed by atoms with Crippen LogP contribution >= 0.6 is 12.2 Å². The largest absolute Gasteiger partial charge is 0.463 e. The smallest absolute Gasteiger partial charge is 0.338 e. The van der Waals surface area contributed by atoms with Crippen LogP contribution < -0.4 is 10.6 Å². The second-order valence-corrected chi connectivity index (χ2v) is 7.71. The number of ether oxygens (including phenoxy) is 1. The van der Waals surface area contributed by atoms with Crippen molar-refractivity contribution in [2.75, 3.05) is 18.5 Å². The summed E-state index contributed by atoms with van der Waals surface area (Å²) in [5.41, 5.74) is 3.43. The van der Waals surface area contributed by atoms with Crippen LogP contribution in [0.2, 0.25) is 0 Å². The fourth-order valence-corrected chi connectivity index (χ4v) is 4.02. The van der Waals surface area contributed by atoms with E-state index in [9.17, 15) is 14.0 Å². The third-order valence-electron chi connectivity index (χ3n) is 5.21. The molecule has 2 N–H and O–H groups in total. The molecule has 1 atom stereocenters. The summed E-state index contributed by atoms with van der Waals surface area (Å²) in [6, 6.07) is 12.6. The molecule has 1 heterocycles. The summed E-state index contributed by atoms with van der Waals surface area (Å²) >= 11 is 5.49. The SMILES string of the molecule is CCOC(=O)C1=C(C)N(CC)C(=S)NC1c1ccc(NC(=O)Cc2ccc(F)cc2)cc1. The Labute approximate surface area is 192 Å². The van der Waals surface area contributed by atoms with E-state index in [1.54, 1.807) is 31.2 Å². The highest BCUT2D eigenvalue weighted by atomic mass is 32.1. The van der Waals surface area contributed by atoms with E-state index < -0.39 is 6.04 Å². The number of nitrogens with zero attached hydrogens (tertiary/aromatic N) is 1. The molecule has 0 saturated heterocycles. The van der Waals surface area contributed by atoms with Crippen molar-refractivity contribution in [3.05, 3.63) is 76.7 Å². The van der Waals surface area contributed by atoms with Crippen molar-refractivity contribution in [3.8, 4) is 0 Å². The Kier molecular flexibility index (Phi) is 7.58. The molecule has 1 aliphatic heterocycles. The molecule has 1 amide bonds. The molecule has 8 heteroatoms. The van der Waals surface area contributed by atoms with Crippen molar-refractivity contribution < 1.29 is 18.7 Å². The number of halogens is 1. The summed E-state index contributed by atoms with van der Waals surface area (Å²) < 4.78 is 18.3. The highest BCUT2D eigenvalue weighted by Crippen LogP contribution is 2.32. The molecule has 6 nitrogen and oxygen atoms in total. The predicted octanol–water partition coefficient (Wildman–Crippen LogP) is 4.10. The molecule has 32 heavy (non-hydrogen) atoms. The van der Waals surface area contributed by atoms with Crippen molar-refractivity contribution in [2.45, 2.75) is 33.2 Å². The van der Waals surface area contributed by atoms with Gasteiger partial charge in [-0.2, -0.15) is 0 Å². The Morgan fingerprint density at radius 2 is 1.78 bits per heavy atom. The molecule has 0 aliphatic carbocycles. The minimum atomic E-state index is -0.451. The van der Waals surface area contributed by atoms with Crippen molar-refractivity contribution in [1.29, 1.82) is 0 Å². The van der Waals surface area contributed by atoms with E-state index in [2.05, 4.69) is 10.6 Å². The molecular formula is C24H26FN3O3S. The lowest BCUT2D eigenvalue weighted by Crippen LogP contribution is -2.47. The highest BCUT2D eigenvalue weighted by Gasteiger charge is 2.34. The fourth-order valence-electron chi connectivity index (χ4n) is 3.64. The molecule has 0 saturated carbocycles. The van der Waals surface area contributed by atoms with Gasteiger partial charge in [0.15, 0.2) is 5.11 Å². The molecule has 3 rings (SSSR count). The van der Waals surface area contributed by atoms with Crippen LogP contribution in [0.15, 0.2) is 59.8 Å². The summed E-state index contributed by atoms with van der Waals surface area (Å²) in [5.74, 6) is -0.933. The topological polar surface area (TPSA) is 70.7 Å². The molecule has 0 fully saturated rings. The molecule has 0 aromatic heterocycles. The van der Waals surface area contributed by atoms with Gasteiger partial charge < -0.3 is 20.3 Å². The zero-order chi connectivity index (χ0) is 23.3. The van der Waals surface area contributed by atoms with Crippen molar-refractivity contribution >= 4 is 34.9 Å². The molecule has 1 unspecified atom stereocenters. The monoisotopic (exact) mass is 455 g/mol. The van der Waals surface area contributed by atoms with Crippen LogP contribution in [0.5, 0.6) is 0 Å². The van der Waals surface area contributed by atoms with Gasteiger partial charge in [0.2, 0.25) is 5.91 Å². The van der Waals surface area contributed by atoms with E-state index in [0.29, 0.717) is 22.9 Å². The molecule has 0 spiro atoms. The van der Waals surface area contributed by atoms with E-state index in [1.807, 2.05) is 30.9 Å². The average Bonchev–Trinajstić information content (AvgIpc) is 2.76. The summed E-state index contributed by atoms with van der Waals surface area (Å²) in [6.45, 7) is 6.50. The molecule has 0 radical (unpaired) electrons. The second-order valence-electron chi connectivity index (χ2n) is 7.32. The van der Waals surface area contributed by atoms with Gasteiger partial charge in [0.05, 0.1) is 24.6 Å². The molecule has 0 bridgehead atoms. The Hall–Kier alpha value is -3.26. The Morgan fingerprint density at radius 3 is 2.38 bits per heavy atom. The van der Waals surface area contributed by atoms with Gasteiger partial charge >= 0.3 is 5.97 Å². The van der Waals surface area contributed by atoms with Crippen LogP contribution in [0, 0.1) is 5.82 Å². The minimum absolute atomic E-state index is 0.141. The number of hydrogen-bond donors (Lipinski definition) is 2. The molecule has 168 valence electrons. The van der Waals surface area contributed by atoms with Gasteiger partial charge in [0.1, 0.15) is 5.82 Å². The van der Waals surface area contributed by atoms with Crippen LogP contribution in [0.1, 0.15) is 37.9 Å². The zero-order valence-corrected chi connectivity index (χ0v) is 19.1. The number of allylic oxidation sites excluding steroid dienone is 1. The third-order valence-corrected chi connectivity index (χ3v) is 5.55. The number of hydrogen-bond acceptors (Lipinski definition) is 4. The third kappa shape index (κ3) is 5.31. The Balaban J connectivity index is 1.78. The first kappa shape index (κ1) is 23.4. The molecule has 2 aromatic carbocycles. The van der Waals surface area contributed by atoms with Crippen LogP contribution in [-0.2, 0) is 20.7 Å². The lowest BCUT2D eigenvalue weighted by molar-refractivity contribution is -0.139. The fraction of sp³-hybridized carbons (Fsp3) is 0.292. The van der Waals surface area contributed by atoms with E-state index >= 15 is 0 Å². The van der Waals surface area contributed by atoms with Gasteiger partial charge in [-0.15, -0.1) is 0 Å². The summed E-state index contributed by atoms with van der Waals surface area (Å²) in [7, 11) is 0. The number of carbonyl (C=O) groups is 2. The number of anilines is 1. The lowest BCUT2D eigenvalue weighted by atomic mass is 9.95. The summed E-state index contributed by atoms with van der Waals surface area (Å²) in [6.07, 6.45) is 0.141. The maximum atomic E-state index is 13.0. The standard InChI is InChI=1S/C24H26FN3O3S/c1-4-28-15(3)21(23(30)31-5-2)22(27-24(28)32)17-8-12-19(13-9-17)26-20(29)14-16-6-10-18(25)11-7-16/h6-13,22H,4-5,14H2,1-3H3,(H,26,29)(H,27,32). The first-order chi connectivity index (χ1) is 15.3. The number of esters is 1. The number of carbonyl (C=O) groups excluding carboxylic acids is 2. The maximum absolute atomic E-state index is 13.0. The van der Waals surface area contributed by atoms with Gasteiger partial charge in [-0.05, 0) is 68.4 Å². The molecule has 1 aliphatic rings. The first-order valence-corrected chi connectivity index (χ1v) is 10.8. The number of nitrogens with one attached hydrogen (secondary N) is 2. The maximum Gasteiger partial charge on any atom is 0.338 e. The normalized spacial score (nSPS) is 15.9. The summed E-state index contributed by atoms with van der Waals surface area (Å²) in [5, 5.41) is 6.61. The zero-order valence-electron chi connectivity index (χ0n) is 18.3. The Morgan fingerprint density at radius 1 is 1.12 bits per heavy atom. The van der Waals surface area contributed by atoms with Crippen molar-refractivity contribution in [2.24, 2.45) is 0 Å². The van der Waals surface area contributed by atoms with Gasteiger partial charge in [0.25, 0.3) is 0 Å². The van der Waals surface area contributed by atoms with Crippen molar-refractivity contribution in [1.82, 2.24) is 10.2 Å². The van der Waals surface area contributed by atoms with Crippen molar-refractivity contribution in [3.63, 3.8) is 0 Å². The average molecular weight is 456 g/mol. The van der Waals surface area contributed by atoms with Crippen LogP contribution in [-0.4, -0.2) is 35.0 Å². The van der Waals surface area contributed by atoms with E-state index in [-0.39, 0.29) is 30.7 Å². The number of benzene rings is 2. The van der Waals surface area contributed by atoms with Crippen LogP contribution in [0.4, 0.5) is 10.1 Å². The van der Waals surface area contributed by atoms with Gasteiger partial charge in [-0.1, -0.05) is 24.3 Å². The Bertz CT molecular complexity index is 1040. The van der Waals surface area contributed by atoms with E-state index in [4.69, 9.17) is 17.0 Å². The second kappa shape index (κ2) is 10.4. The molecular weight excluding hydrogens is 429 g/mol. The van der Waals surface area contributed by atoms with Gasteiger partial charge in [0, 0.05) is 17.9 Å². The van der Waals surface area contributed by atoms with E-state index in [0.717, 1.165) is 16.8 Å². The van der Waals surface area contributed by atoms with Crippen LogP contribution in [0.3, 0.4) is 0 Å². The van der Waals surface area contributed by atoms with Gasteiger partial charge in [-0.3, -0.25) is 4.79 Å². The number of thiocarbonyl (C=S) groups is 1. The first-order valence-electron chi connectivity index (χ1n) is 10.4. The lowest BCUT2D eigenvalue weighted by Gasteiger charge is -2.37. The minimum Gasteiger partial charge on any atom is -0.463 e.